The fourth-order valence-corrected chi connectivity index (χ4v) is 4.78. The number of carbonyl (C=O) groups excluding carboxylic acids is 2. The van der Waals surface area contributed by atoms with Gasteiger partial charge in [-0.05, 0) is 18.6 Å². The van der Waals surface area contributed by atoms with Gasteiger partial charge >= 0.3 is 0 Å². The summed E-state index contributed by atoms with van der Waals surface area (Å²) < 4.78 is 29.8. The minimum absolute atomic E-state index is 0.0330. The van der Waals surface area contributed by atoms with Gasteiger partial charge in [0.15, 0.2) is 21.4 Å². The van der Waals surface area contributed by atoms with Crippen LogP contribution in [0, 0.1) is 0 Å². The molecule has 1 N–H and O–H groups in total. The molecule has 0 bridgehead atoms. The summed E-state index contributed by atoms with van der Waals surface area (Å²) in [6.07, 6.45) is 1.92. The van der Waals surface area contributed by atoms with Gasteiger partial charge in [0.25, 0.3) is 0 Å². The average Bonchev–Trinajstić information content (AvgIpc) is 2.63. The highest BCUT2D eigenvalue weighted by atomic mass is 35.5. The topological polar surface area (TPSA) is 101 Å². The van der Waals surface area contributed by atoms with Crippen molar-refractivity contribution >= 4 is 38.8 Å². The highest BCUT2D eigenvalue weighted by Crippen LogP contribution is 2.35. The van der Waals surface area contributed by atoms with Crippen LogP contribution >= 0.6 is 11.6 Å². The molecule has 9 heteroatoms. The van der Waals surface area contributed by atoms with Crippen LogP contribution in [0.1, 0.15) is 30.4 Å². The zero-order valence-corrected chi connectivity index (χ0v) is 17.1. The van der Waals surface area contributed by atoms with Gasteiger partial charge in [0.2, 0.25) is 0 Å². The molecule has 1 aliphatic heterocycles. The minimum atomic E-state index is -3.57. The number of nitrogens with zero attached hydrogens (tertiary/aromatic N) is 1. The first-order chi connectivity index (χ1) is 13.2. The molecule has 7 nitrogen and oxygen atoms in total. The van der Waals surface area contributed by atoms with Gasteiger partial charge in [-0.2, -0.15) is 0 Å². The summed E-state index contributed by atoms with van der Waals surface area (Å²) in [5.74, 6) is -1.33. The number of morpholine rings is 1. The Morgan fingerprint density at radius 1 is 1.18 bits per heavy atom. The average molecular weight is 428 g/mol. The lowest BCUT2D eigenvalue weighted by Gasteiger charge is -2.28. The van der Waals surface area contributed by atoms with Crippen LogP contribution in [-0.4, -0.2) is 62.5 Å². The van der Waals surface area contributed by atoms with E-state index >= 15 is 0 Å². The Kier molecular flexibility index (Phi) is 6.24. The third-order valence-corrected chi connectivity index (χ3v) is 6.56. The molecular formula is C19H22ClNO6S. The molecule has 0 atom stereocenters. The highest BCUT2D eigenvalue weighted by Gasteiger charge is 2.30. The molecule has 152 valence electrons. The number of rotatable bonds is 4. The maximum absolute atomic E-state index is 12.2. The molecule has 0 amide bonds. The number of carbonyl (C=O) groups is 2. The smallest absolute Gasteiger partial charge is 0.175 e. The number of ether oxygens (including phenoxy) is 1. The molecule has 0 unspecified atom stereocenters. The Bertz CT molecular complexity index is 929. The van der Waals surface area contributed by atoms with E-state index in [0.29, 0.717) is 38.3 Å². The number of allylic oxidation sites excluding steroid dienone is 1. The first-order valence-corrected chi connectivity index (χ1v) is 11.3. The summed E-state index contributed by atoms with van der Waals surface area (Å²) in [6, 6.07) is 2.71. The molecule has 1 saturated carbocycles. The molecule has 2 fully saturated rings. The first kappa shape index (κ1) is 21.0. The number of halogens is 1. The van der Waals surface area contributed by atoms with Crippen LogP contribution in [0.4, 0.5) is 0 Å². The monoisotopic (exact) mass is 427 g/mol. The quantitative estimate of drug-likeness (QED) is 0.446. The van der Waals surface area contributed by atoms with Crippen LogP contribution in [0.2, 0.25) is 5.02 Å². The van der Waals surface area contributed by atoms with Crippen LogP contribution in [0.15, 0.2) is 22.6 Å². The Labute approximate surface area is 168 Å². The maximum Gasteiger partial charge on any atom is 0.175 e. The minimum Gasteiger partial charge on any atom is -0.506 e. The number of aliphatic hydroxyl groups is 1. The Morgan fingerprint density at radius 3 is 2.36 bits per heavy atom. The van der Waals surface area contributed by atoms with E-state index in [9.17, 15) is 23.1 Å². The largest absolute Gasteiger partial charge is 0.506 e. The molecule has 3 rings (SSSR count). The second-order valence-corrected chi connectivity index (χ2v) is 9.35. The summed E-state index contributed by atoms with van der Waals surface area (Å²) >= 11 is 6.51. The van der Waals surface area contributed by atoms with E-state index < -0.39 is 27.2 Å². The van der Waals surface area contributed by atoms with Crippen molar-refractivity contribution in [2.24, 2.45) is 0 Å². The molecule has 1 heterocycles. The van der Waals surface area contributed by atoms with Crippen molar-refractivity contribution in [3.63, 3.8) is 0 Å². The van der Waals surface area contributed by atoms with E-state index in [-0.39, 0.29) is 40.4 Å². The van der Waals surface area contributed by atoms with E-state index in [1.54, 1.807) is 0 Å². The van der Waals surface area contributed by atoms with Crippen LogP contribution in [-0.2, 0) is 30.7 Å². The van der Waals surface area contributed by atoms with Crippen molar-refractivity contribution in [3.8, 4) is 0 Å². The van der Waals surface area contributed by atoms with E-state index in [1.807, 2.05) is 4.90 Å². The van der Waals surface area contributed by atoms with Gasteiger partial charge in [0, 0.05) is 49.9 Å². The van der Waals surface area contributed by atoms with Crippen molar-refractivity contribution < 1.29 is 27.9 Å². The van der Waals surface area contributed by atoms with Crippen molar-refractivity contribution in [3.05, 3.63) is 33.9 Å². The number of sulfone groups is 1. The summed E-state index contributed by atoms with van der Waals surface area (Å²) in [5, 5.41) is 10.7. The standard InChI is InChI=1S/C19H22ClNO6S/c1-28(25,26)16-6-5-12(19(24)17-14(22)3-2-4-15(17)23)18(20)13(16)11-21-7-9-27-10-8-21/h5-6,24H,2-4,7-11H2,1H3. The second-order valence-electron chi connectivity index (χ2n) is 6.99. The number of hydrogen-bond acceptors (Lipinski definition) is 7. The van der Waals surface area contributed by atoms with Gasteiger partial charge in [0.1, 0.15) is 11.3 Å². The van der Waals surface area contributed by atoms with Gasteiger partial charge in [-0.25, -0.2) is 8.42 Å². The summed E-state index contributed by atoms with van der Waals surface area (Å²) in [7, 11) is -3.57. The normalized spacial score (nSPS) is 19.1. The van der Waals surface area contributed by atoms with Crippen molar-refractivity contribution in [1.29, 1.82) is 0 Å². The van der Waals surface area contributed by atoms with E-state index in [1.165, 1.54) is 12.1 Å². The highest BCUT2D eigenvalue weighted by molar-refractivity contribution is 7.90. The molecule has 1 saturated heterocycles. The third-order valence-electron chi connectivity index (χ3n) is 4.94. The number of ketones is 2. The summed E-state index contributed by atoms with van der Waals surface area (Å²) in [6.45, 7) is 2.55. The Morgan fingerprint density at radius 2 is 1.79 bits per heavy atom. The van der Waals surface area contributed by atoms with E-state index in [4.69, 9.17) is 16.3 Å². The molecule has 1 aromatic rings. The third kappa shape index (κ3) is 4.30. The maximum atomic E-state index is 12.2. The zero-order valence-electron chi connectivity index (χ0n) is 15.5. The predicted octanol–water partition coefficient (Wildman–Crippen LogP) is 2.17. The first-order valence-electron chi connectivity index (χ1n) is 9.01. The van der Waals surface area contributed by atoms with Crippen LogP contribution in [0.3, 0.4) is 0 Å². The van der Waals surface area contributed by atoms with Gasteiger partial charge < -0.3 is 9.84 Å². The molecular weight excluding hydrogens is 406 g/mol. The molecule has 1 aromatic carbocycles. The van der Waals surface area contributed by atoms with Crippen LogP contribution < -0.4 is 0 Å². The molecule has 1 aliphatic carbocycles. The van der Waals surface area contributed by atoms with Gasteiger partial charge in [0.05, 0.1) is 23.1 Å². The predicted molar refractivity (Wildman–Crippen MR) is 104 cm³/mol. The lowest BCUT2D eigenvalue weighted by atomic mass is 9.89. The number of hydrogen-bond donors (Lipinski definition) is 1. The fourth-order valence-electron chi connectivity index (χ4n) is 3.48. The fraction of sp³-hybridized carbons (Fsp3) is 0.474. The van der Waals surface area contributed by atoms with Crippen LogP contribution in [0.25, 0.3) is 5.76 Å². The van der Waals surface area contributed by atoms with Crippen molar-refractivity contribution in [2.75, 3.05) is 32.6 Å². The molecule has 0 aromatic heterocycles. The van der Waals surface area contributed by atoms with Crippen molar-refractivity contribution in [1.82, 2.24) is 4.90 Å². The molecule has 2 aliphatic rings. The van der Waals surface area contributed by atoms with E-state index in [0.717, 1.165) is 6.26 Å². The number of aliphatic hydroxyl groups excluding tert-OH is 1. The lowest BCUT2D eigenvalue weighted by Crippen LogP contribution is -2.36. The zero-order chi connectivity index (χ0) is 20.5. The van der Waals surface area contributed by atoms with Gasteiger partial charge in [-0.15, -0.1) is 0 Å². The van der Waals surface area contributed by atoms with Gasteiger partial charge in [-0.1, -0.05) is 11.6 Å². The SMILES string of the molecule is CS(=O)(=O)c1ccc(C(O)=C2C(=O)CCCC2=O)c(Cl)c1CN1CCOCC1. The number of Topliss-reactive ketones (excluding diaryl/α,β-unsaturated/α-hetero) is 2. The molecule has 0 spiro atoms. The Balaban J connectivity index is 2.12. The molecule has 0 radical (unpaired) electrons. The van der Waals surface area contributed by atoms with Crippen LogP contribution in [0.5, 0.6) is 0 Å². The Hall–Kier alpha value is -1.74. The van der Waals surface area contributed by atoms with Gasteiger partial charge in [-0.3, -0.25) is 14.5 Å². The molecule has 28 heavy (non-hydrogen) atoms. The van der Waals surface area contributed by atoms with Crippen molar-refractivity contribution in [2.45, 2.75) is 30.7 Å². The van der Waals surface area contributed by atoms with E-state index in [2.05, 4.69) is 0 Å². The number of benzene rings is 1. The lowest BCUT2D eigenvalue weighted by molar-refractivity contribution is -0.123. The summed E-state index contributed by atoms with van der Waals surface area (Å²) in [5.41, 5.74) is 0.180. The second kappa shape index (κ2) is 8.32. The summed E-state index contributed by atoms with van der Waals surface area (Å²) in [4.78, 5) is 26.4.